The number of carboxylic acids is 1. The molecule has 1 heterocycles. The Bertz CT molecular complexity index is 791. The lowest BCUT2D eigenvalue weighted by atomic mass is 10.1. The molecule has 0 spiro atoms. The molecule has 2 aromatic rings. The number of carboxylic acid groups (broad SMARTS) is 1. The highest BCUT2D eigenvalue weighted by atomic mass is 32.1. The number of rotatable bonds is 8. The molecule has 138 valence electrons. The van der Waals surface area contributed by atoms with Crippen molar-refractivity contribution >= 4 is 29.2 Å². The van der Waals surface area contributed by atoms with Gasteiger partial charge in [-0.1, -0.05) is 30.3 Å². The summed E-state index contributed by atoms with van der Waals surface area (Å²) >= 11 is 1.22. The van der Waals surface area contributed by atoms with Crippen molar-refractivity contribution in [3.05, 3.63) is 40.9 Å². The van der Waals surface area contributed by atoms with Crippen LogP contribution in [0.5, 0.6) is 0 Å². The SMILES string of the molecule is Cc1nc(-c2ccccc2)sc1C(=O)N[C@@H](CCCNC(N)=O)C(=O)O. The third-order valence-electron chi connectivity index (χ3n) is 3.60. The first-order valence-corrected chi connectivity index (χ1v) is 8.80. The second-order valence-electron chi connectivity index (χ2n) is 5.60. The minimum atomic E-state index is -1.14. The van der Waals surface area contributed by atoms with Gasteiger partial charge in [0.15, 0.2) is 0 Å². The summed E-state index contributed by atoms with van der Waals surface area (Å²) in [6.45, 7) is 1.96. The molecule has 8 nitrogen and oxygen atoms in total. The van der Waals surface area contributed by atoms with E-state index in [0.717, 1.165) is 5.56 Å². The number of nitrogens with one attached hydrogen (secondary N) is 2. The van der Waals surface area contributed by atoms with E-state index in [1.54, 1.807) is 6.92 Å². The molecule has 0 aliphatic carbocycles. The number of thiazole rings is 1. The topological polar surface area (TPSA) is 134 Å². The zero-order valence-corrected chi connectivity index (χ0v) is 15.0. The fourth-order valence-corrected chi connectivity index (χ4v) is 3.29. The van der Waals surface area contributed by atoms with E-state index in [1.165, 1.54) is 11.3 Å². The number of aliphatic carboxylic acids is 1. The first kappa shape index (κ1) is 19.4. The van der Waals surface area contributed by atoms with Crippen molar-refractivity contribution in [2.24, 2.45) is 5.73 Å². The van der Waals surface area contributed by atoms with Crippen molar-refractivity contribution in [1.82, 2.24) is 15.6 Å². The lowest BCUT2D eigenvalue weighted by molar-refractivity contribution is -0.139. The van der Waals surface area contributed by atoms with E-state index in [1.807, 2.05) is 30.3 Å². The molecular weight excluding hydrogens is 356 g/mol. The molecule has 3 amide bonds. The highest BCUT2D eigenvalue weighted by molar-refractivity contribution is 7.17. The van der Waals surface area contributed by atoms with Crippen LogP contribution in [0.1, 0.15) is 28.2 Å². The Morgan fingerprint density at radius 2 is 1.96 bits per heavy atom. The molecule has 0 aliphatic rings. The van der Waals surface area contributed by atoms with Gasteiger partial charge in [0, 0.05) is 12.1 Å². The molecule has 1 aromatic carbocycles. The van der Waals surface area contributed by atoms with E-state index in [4.69, 9.17) is 5.73 Å². The van der Waals surface area contributed by atoms with Crippen LogP contribution in [0.3, 0.4) is 0 Å². The van der Waals surface area contributed by atoms with E-state index in [0.29, 0.717) is 22.0 Å². The summed E-state index contributed by atoms with van der Waals surface area (Å²) < 4.78 is 0. The Balaban J connectivity index is 2.04. The second-order valence-corrected chi connectivity index (χ2v) is 6.60. The summed E-state index contributed by atoms with van der Waals surface area (Å²) in [5, 5.41) is 14.9. The van der Waals surface area contributed by atoms with Gasteiger partial charge < -0.3 is 21.5 Å². The Kier molecular flexibility index (Phi) is 6.67. The minimum absolute atomic E-state index is 0.171. The zero-order valence-electron chi connectivity index (χ0n) is 14.2. The summed E-state index contributed by atoms with van der Waals surface area (Å²) in [4.78, 5) is 39.2. The number of nitrogens with zero attached hydrogens (tertiary/aromatic N) is 1. The predicted molar refractivity (Wildman–Crippen MR) is 98.0 cm³/mol. The normalized spacial score (nSPS) is 11.6. The number of aromatic nitrogens is 1. The number of nitrogens with two attached hydrogens (primary N) is 1. The molecule has 0 aliphatic heterocycles. The molecule has 0 unspecified atom stereocenters. The molecule has 0 saturated heterocycles. The van der Waals surface area contributed by atoms with E-state index < -0.39 is 23.9 Å². The van der Waals surface area contributed by atoms with E-state index in [2.05, 4.69) is 15.6 Å². The van der Waals surface area contributed by atoms with Crippen LogP contribution in [0.4, 0.5) is 4.79 Å². The standard InChI is InChI=1S/C17H20N4O4S/c1-10-13(26-15(20-10)11-6-3-2-4-7-11)14(22)21-12(16(23)24)8-5-9-19-17(18)25/h2-4,6-7,12H,5,8-9H2,1H3,(H,21,22)(H,23,24)(H3,18,19,25)/t12-/m0/s1. The Morgan fingerprint density at radius 1 is 1.27 bits per heavy atom. The number of carbonyl (C=O) groups is 3. The molecule has 26 heavy (non-hydrogen) atoms. The molecule has 0 saturated carbocycles. The molecule has 9 heteroatoms. The van der Waals surface area contributed by atoms with Crippen LogP contribution in [0, 0.1) is 6.92 Å². The number of urea groups is 1. The number of primary amides is 1. The highest BCUT2D eigenvalue weighted by Gasteiger charge is 2.23. The summed E-state index contributed by atoms with van der Waals surface area (Å²) in [5.74, 6) is -1.61. The second kappa shape index (κ2) is 8.95. The summed E-state index contributed by atoms with van der Waals surface area (Å²) in [7, 11) is 0. The smallest absolute Gasteiger partial charge is 0.326 e. The van der Waals surface area contributed by atoms with E-state index in [9.17, 15) is 19.5 Å². The molecule has 1 aromatic heterocycles. The average Bonchev–Trinajstić information content (AvgIpc) is 2.99. The van der Waals surface area contributed by atoms with Crippen molar-refractivity contribution in [2.75, 3.05) is 6.54 Å². The van der Waals surface area contributed by atoms with Gasteiger partial charge >= 0.3 is 12.0 Å². The first-order chi connectivity index (χ1) is 12.4. The predicted octanol–water partition coefficient (Wildman–Crippen LogP) is 1.75. The van der Waals surface area contributed by atoms with Gasteiger partial charge in [0.1, 0.15) is 15.9 Å². The van der Waals surface area contributed by atoms with Crippen LogP contribution >= 0.6 is 11.3 Å². The monoisotopic (exact) mass is 376 g/mol. The minimum Gasteiger partial charge on any atom is -0.480 e. The average molecular weight is 376 g/mol. The van der Waals surface area contributed by atoms with Gasteiger partial charge in [-0.2, -0.15) is 0 Å². The molecular formula is C17H20N4O4S. The lowest BCUT2D eigenvalue weighted by Crippen LogP contribution is -2.41. The lowest BCUT2D eigenvalue weighted by Gasteiger charge is -2.14. The van der Waals surface area contributed by atoms with Crippen LogP contribution in [-0.4, -0.2) is 40.6 Å². The zero-order chi connectivity index (χ0) is 19.1. The maximum absolute atomic E-state index is 12.5. The molecule has 5 N–H and O–H groups in total. The highest BCUT2D eigenvalue weighted by Crippen LogP contribution is 2.27. The summed E-state index contributed by atoms with van der Waals surface area (Å²) in [5.41, 5.74) is 6.39. The van der Waals surface area contributed by atoms with Crippen molar-refractivity contribution in [3.63, 3.8) is 0 Å². The first-order valence-electron chi connectivity index (χ1n) is 7.98. The molecule has 1 atom stereocenters. The van der Waals surface area contributed by atoms with Crippen LogP contribution in [0.25, 0.3) is 10.6 Å². The third-order valence-corrected chi connectivity index (χ3v) is 4.80. The molecule has 0 fully saturated rings. The third kappa shape index (κ3) is 5.28. The number of hydrogen-bond donors (Lipinski definition) is 4. The largest absolute Gasteiger partial charge is 0.480 e. The summed E-state index contributed by atoms with van der Waals surface area (Å²) in [6.07, 6.45) is 0.544. The quantitative estimate of drug-likeness (QED) is 0.521. The molecule has 2 rings (SSSR count). The maximum atomic E-state index is 12.5. The summed E-state index contributed by atoms with van der Waals surface area (Å²) in [6, 6.07) is 7.71. The van der Waals surface area contributed by atoms with E-state index >= 15 is 0 Å². The van der Waals surface area contributed by atoms with Gasteiger partial charge in [-0.05, 0) is 19.8 Å². The van der Waals surface area contributed by atoms with Crippen LogP contribution in [0.15, 0.2) is 30.3 Å². The van der Waals surface area contributed by atoms with Gasteiger partial charge in [-0.15, -0.1) is 11.3 Å². The van der Waals surface area contributed by atoms with Crippen LogP contribution in [0.2, 0.25) is 0 Å². The number of amides is 3. The van der Waals surface area contributed by atoms with Crippen LogP contribution in [-0.2, 0) is 4.79 Å². The number of benzene rings is 1. The van der Waals surface area contributed by atoms with Crippen molar-refractivity contribution in [3.8, 4) is 10.6 Å². The Hall–Kier alpha value is -2.94. The number of aryl methyl sites for hydroxylation is 1. The molecule has 0 radical (unpaired) electrons. The number of carbonyl (C=O) groups excluding carboxylic acids is 2. The van der Waals surface area contributed by atoms with Gasteiger partial charge in [0.05, 0.1) is 5.69 Å². The number of hydrogen-bond acceptors (Lipinski definition) is 5. The van der Waals surface area contributed by atoms with Gasteiger partial charge in [-0.3, -0.25) is 4.79 Å². The van der Waals surface area contributed by atoms with Crippen molar-refractivity contribution < 1.29 is 19.5 Å². The van der Waals surface area contributed by atoms with Gasteiger partial charge in [0.2, 0.25) is 0 Å². The Morgan fingerprint density at radius 3 is 2.58 bits per heavy atom. The fourth-order valence-electron chi connectivity index (χ4n) is 2.31. The van der Waals surface area contributed by atoms with Gasteiger partial charge in [-0.25, -0.2) is 14.6 Å². The van der Waals surface area contributed by atoms with Crippen LogP contribution < -0.4 is 16.4 Å². The van der Waals surface area contributed by atoms with Gasteiger partial charge in [0.25, 0.3) is 5.91 Å². The fraction of sp³-hybridized carbons (Fsp3) is 0.294. The van der Waals surface area contributed by atoms with E-state index in [-0.39, 0.29) is 13.0 Å². The molecule has 0 bridgehead atoms. The maximum Gasteiger partial charge on any atom is 0.326 e. The van der Waals surface area contributed by atoms with Crippen molar-refractivity contribution in [2.45, 2.75) is 25.8 Å². The Labute approximate surface area is 154 Å². The van der Waals surface area contributed by atoms with Crippen molar-refractivity contribution in [1.29, 1.82) is 0 Å².